The summed E-state index contributed by atoms with van der Waals surface area (Å²) >= 11 is 0. The minimum atomic E-state index is -4.54. The lowest BCUT2D eigenvalue weighted by atomic mass is 9.98. The van der Waals surface area contributed by atoms with Crippen molar-refractivity contribution in [2.75, 3.05) is 18.0 Å². The van der Waals surface area contributed by atoms with Crippen LogP contribution in [0.25, 0.3) is 6.08 Å². The number of benzene rings is 1. The number of piperidine rings is 1. The summed E-state index contributed by atoms with van der Waals surface area (Å²) in [5, 5.41) is 10.9. The van der Waals surface area contributed by atoms with Crippen molar-refractivity contribution < 1.29 is 22.4 Å². The summed E-state index contributed by atoms with van der Waals surface area (Å²) in [5.41, 5.74) is 0.0753. The van der Waals surface area contributed by atoms with E-state index in [4.69, 9.17) is 0 Å². The maximum absolute atomic E-state index is 13.5. The molecule has 0 unspecified atom stereocenters. The maximum Gasteiger partial charge on any atom is 0.416 e. The topological polar surface area (TPSA) is 58.1 Å². The van der Waals surface area contributed by atoms with Gasteiger partial charge in [-0.15, -0.1) is 10.2 Å². The van der Waals surface area contributed by atoms with Gasteiger partial charge in [0.05, 0.1) is 5.56 Å². The molecule has 4 rings (SSSR count). The second kappa shape index (κ2) is 8.04. The number of hydrogen-bond donors (Lipinski definition) is 1. The fourth-order valence-corrected chi connectivity index (χ4v) is 3.40. The van der Waals surface area contributed by atoms with Crippen LogP contribution in [0.4, 0.5) is 23.4 Å². The second-order valence-corrected chi connectivity index (χ2v) is 7.54. The molecule has 1 aliphatic heterocycles. The number of carbonyl (C=O) groups is 1. The van der Waals surface area contributed by atoms with Crippen LogP contribution in [0.2, 0.25) is 0 Å². The molecule has 0 bridgehead atoms. The Morgan fingerprint density at radius 2 is 1.83 bits per heavy atom. The highest BCUT2D eigenvalue weighted by atomic mass is 19.4. The Labute approximate surface area is 170 Å². The van der Waals surface area contributed by atoms with Crippen molar-refractivity contribution in [2.45, 2.75) is 37.9 Å². The van der Waals surface area contributed by atoms with Crippen LogP contribution >= 0.6 is 0 Å². The molecule has 9 heteroatoms. The minimum absolute atomic E-state index is 0.156. The van der Waals surface area contributed by atoms with E-state index in [1.165, 1.54) is 6.08 Å². The minimum Gasteiger partial charge on any atom is -0.354 e. The number of carbonyl (C=O) groups excluding carboxylic acids is 1. The third-order valence-electron chi connectivity index (χ3n) is 5.20. The van der Waals surface area contributed by atoms with E-state index in [0.717, 1.165) is 36.6 Å². The molecular weight excluding hydrogens is 400 g/mol. The zero-order valence-electron chi connectivity index (χ0n) is 16.0. The van der Waals surface area contributed by atoms with Crippen LogP contribution in [0.3, 0.4) is 0 Å². The quantitative estimate of drug-likeness (QED) is 0.753. The van der Waals surface area contributed by atoms with Crippen molar-refractivity contribution in [3.05, 3.63) is 58.5 Å². The third kappa shape index (κ3) is 4.77. The number of hydrogen-bond acceptors (Lipinski definition) is 4. The fraction of sp³-hybridized carbons (Fsp3) is 0.381. The molecule has 1 aromatic carbocycles. The Bertz CT molecular complexity index is 958. The fourth-order valence-electron chi connectivity index (χ4n) is 3.40. The zero-order chi connectivity index (χ0) is 21.3. The summed E-state index contributed by atoms with van der Waals surface area (Å²) in [6, 6.07) is 6.08. The van der Waals surface area contributed by atoms with Crippen molar-refractivity contribution in [2.24, 2.45) is 0 Å². The molecule has 0 atom stereocenters. The number of nitrogens with zero attached hydrogens (tertiary/aromatic N) is 3. The Kier molecular flexibility index (Phi) is 5.44. The van der Waals surface area contributed by atoms with E-state index < -0.39 is 17.6 Å². The summed E-state index contributed by atoms with van der Waals surface area (Å²) < 4.78 is 53.0. The predicted octanol–water partition coefficient (Wildman–Crippen LogP) is 4.21. The van der Waals surface area contributed by atoms with Crippen molar-refractivity contribution in [3.8, 4) is 0 Å². The molecular formula is C21H20F4N4O. The highest BCUT2D eigenvalue weighted by Gasteiger charge is 2.33. The summed E-state index contributed by atoms with van der Waals surface area (Å²) in [5.74, 6) is -0.330. The molecule has 1 saturated heterocycles. The normalized spacial score (nSPS) is 17.1. The molecule has 0 radical (unpaired) electrons. The van der Waals surface area contributed by atoms with E-state index in [0.29, 0.717) is 31.7 Å². The van der Waals surface area contributed by atoms with Gasteiger partial charge in [0.25, 0.3) is 5.91 Å². The van der Waals surface area contributed by atoms with Gasteiger partial charge in [0.2, 0.25) is 0 Å². The van der Waals surface area contributed by atoms with Gasteiger partial charge in [-0.2, -0.15) is 13.2 Å². The van der Waals surface area contributed by atoms with Crippen molar-refractivity contribution in [3.63, 3.8) is 0 Å². The number of rotatable bonds is 4. The molecule has 2 heterocycles. The molecule has 1 aliphatic carbocycles. The number of amides is 1. The lowest BCUT2D eigenvalue weighted by molar-refractivity contribution is -0.137. The van der Waals surface area contributed by atoms with Crippen LogP contribution in [-0.4, -0.2) is 35.2 Å². The molecule has 2 fully saturated rings. The van der Waals surface area contributed by atoms with Crippen LogP contribution in [0, 0.1) is 5.82 Å². The monoisotopic (exact) mass is 420 g/mol. The first kappa shape index (κ1) is 20.3. The molecule has 5 nitrogen and oxygen atoms in total. The van der Waals surface area contributed by atoms with Gasteiger partial charge in [-0.25, -0.2) is 4.39 Å². The van der Waals surface area contributed by atoms with Gasteiger partial charge < -0.3 is 10.2 Å². The average Bonchev–Trinajstić information content (AvgIpc) is 3.52. The summed E-state index contributed by atoms with van der Waals surface area (Å²) in [6.45, 7) is 1.09. The first-order valence-corrected chi connectivity index (χ1v) is 9.75. The first-order valence-electron chi connectivity index (χ1n) is 9.75. The van der Waals surface area contributed by atoms with Crippen LogP contribution < -0.4 is 10.2 Å². The summed E-state index contributed by atoms with van der Waals surface area (Å²) in [6.07, 6.45) is -0.0785. The van der Waals surface area contributed by atoms with Gasteiger partial charge in [0.1, 0.15) is 5.82 Å². The highest BCUT2D eigenvalue weighted by Crippen LogP contribution is 2.34. The van der Waals surface area contributed by atoms with Gasteiger partial charge >= 0.3 is 6.18 Å². The molecule has 2 aromatic rings. The van der Waals surface area contributed by atoms with Gasteiger partial charge in [-0.3, -0.25) is 4.79 Å². The Hall–Kier alpha value is -2.97. The molecule has 158 valence electrons. The lowest BCUT2D eigenvalue weighted by Crippen LogP contribution is -2.32. The van der Waals surface area contributed by atoms with Crippen molar-refractivity contribution >= 4 is 17.8 Å². The predicted molar refractivity (Wildman–Crippen MR) is 103 cm³/mol. The van der Waals surface area contributed by atoms with E-state index in [9.17, 15) is 22.4 Å². The van der Waals surface area contributed by atoms with Crippen molar-refractivity contribution in [1.82, 2.24) is 15.5 Å². The molecule has 2 aliphatic rings. The first-order chi connectivity index (χ1) is 14.3. The zero-order valence-corrected chi connectivity index (χ0v) is 16.0. The molecule has 1 aromatic heterocycles. The van der Waals surface area contributed by atoms with Crippen LogP contribution in [0.5, 0.6) is 0 Å². The molecule has 1 N–H and O–H groups in total. The second-order valence-electron chi connectivity index (χ2n) is 7.54. The molecule has 1 saturated carbocycles. The summed E-state index contributed by atoms with van der Waals surface area (Å²) in [4.78, 5) is 13.9. The smallest absolute Gasteiger partial charge is 0.354 e. The van der Waals surface area contributed by atoms with E-state index in [1.54, 1.807) is 12.1 Å². The number of nitrogens with one attached hydrogen (secondary N) is 1. The maximum atomic E-state index is 13.5. The summed E-state index contributed by atoms with van der Waals surface area (Å²) in [7, 11) is 0. The standard InChI is InChI=1S/C21H20F4N4O/c22-15-1-4-17(21(23,24)25)14(12-15)11-13-7-9-29(10-8-13)19-6-5-18(27-28-19)20(30)26-16-2-3-16/h1,4-6,11-12,16H,2-3,7-10H2,(H,26,30). The van der Waals surface area contributed by atoms with Crippen molar-refractivity contribution in [1.29, 1.82) is 0 Å². The van der Waals surface area contributed by atoms with E-state index in [2.05, 4.69) is 15.5 Å². The van der Waals surface area contributed by atoms with Crippen LogP contribution in [0.15, 0.2) is 35.9 Å². The van der Waals surface area contributed by atoms with E-state index in [-0.39, 0.29) is 23.2 Å². The molecule has 0 spiro atoms. The van der Waals surface area contributed by atoms with Gasteiger partial charge in [-0.05, 0) is 61.6 Å². The Balaban J connectivity index is 1.42. The third-order valence-corrected chi connectivity index (χ3v) is 5.20. The Morgan fingerprint density at radius 3 is 2.43 bits per heavy atom. The number of anilines is 1. The van der Waals surface area contributed by atoms with Gasteiger partial charge in [-0.1, -0.05) is 11.6 Å². The number of alkyl halides is 3. The van der Waals surface area contributed by atoms with Crippen LogP contribution in [0.1, 0.15) is 47.3 Å². The average molecular weight is 420 g/mol. The highest BCUT2D eigenvalue weighted by molar-refractivity contribution is 5.92. The SMILES string of the molecule is O=C(NC1CC1)c1ccc(N2CCC(=Cc3cc(F)ccc3C(F)(F)F)CC2)nn1. The lowest BCUT2D eigenvalue weighted by Gasteiger charge is -2.29. The molecule has 1 amide bonds. The number of aromatic nitrogens is 2. The largest absolute Gasteiger partial charge is 0.416 e. The van der Waals surface area contributed by atoms with Gasteiger partial charge in [0.15, 0.2) is 11.5 Å². The Morgan fingerprint density at radius 1 is 1.10 bits per heavy atom. The molecule has 30 heavy (non-hydrogen) atoms. The van der Waals surface area contributed by atoms with Gasteiger partial charge in [0, 0.05) is 19.1 Å². The number of halogens is 4. The van der Waals surface area contributed by atoms with E-state index >= 15 is 0 Å². The van der Waals surface area contributed by atoms with E-state index in [1.807, 2.05) is 4.90 Å². The van der Waals surface area contributed by atoms with Crippen LogP contribution in [-0.2, 0) is 6.18 Å².